The fraction of sp³-hybridized carbons (Fsp3) is 0.614. The van der Waals surface area contributed by atoms with Crippen molar-refractivity contribution in [3.8, 4) is 16.2 Å². The fourth-order valence-corrected chi connectivity index (χ4v) is 15.3. The number of aromatic nitrogens is 6. The highest BCUT2D eigenvalue weighted by Gasteiger charge is 2.46. The predicted octanol–water partition coefficient (Wildman–Crippen LogP) is 11.0. The van der Waals surface area contributed by atoms with Gasteiger partial charge in [0.15, 0.2) is 5.82 Å². The number of carbonyl (C=O) groups is 5. The van der Waals surface area contributed by atoms with Crippen LogP contribution in [0.3, 0.4) is 0 Å². The molecule has 21 nitrogen and oxygen atoms in total. The number of piperidine rings is 1. The number of hydrogen-bond acceptors (Lipinski definition) is 16. The Bertz CT molecular complexity index is 3380. The molecule has 0 unspecified atom stereocenters. The number of methoxy groups -OCH3 is 1. The van der Waals surface area contributed by atoms with Crippen molar-refractivity contribution in [2.24, 2.45) is 11.3 Å². The maximum atomic E-state index is 14.5. The molecule has 2 aromatic carbocycles. The second-order valence-electron chi connectivity index (χ2n) is 27.6. The lowest BCUT2D eigenvalue weighted by atomic mass is 9.84. The van der Waals surface area contributed by atoms with Crippen molar-refractivity contribution in [1.29, 1.82) is 0 Å². The molecular formula is C70H98N14O7S2. The molecule has 0 spiro atoms. The summed E-state index contributed by atoms with van der Waals surface area (Å²) in [4.78, 5) is 92.4. The topological polar surface area (TPSA) is 234 Å². The Morgan fingerprint density at radius 3 is 2.28 bits per heavy atom. The first-order valence-corrected chi connectivity index (χ1v) is 35.5. The first-order valence-electron chi connectivity index (χ1n) is 34.2. The number of likely N-dealkylation sites (N-methyl/N-ethyl adjacent to an activating group) is 1. The summed E-state index contributed by atoms with van der Waals surface area (Å²) in [6, 6.07) is 12.8. The highest BCUT2D eigenvalue weighted by Crippen LogP contribution is 2.41. The molecule has 3 aliphatic heterocycles. The molecule has 4 N–H and O–H groups in total. The number of rotatable bonds is 26. The molecule has 2 saturated heterocycles. The Balaban J connectivity index is 0.600. The lowest BCUT2D eigenvalue weighted by Gasteiger charge is -2.43. The van der Waals surface area contributed by atoms with Gasteiger partial charge in [0.05, 0.1) is 59.0 Å². The normalized spacial score (nSPS) is 20.8. The zero-order chi connectivity index (χ0) is 65.9. The van der Waals surface area contributed by atoms with E-state index < -0.39 is 17.5 Å². The van der Waals surface area contributed by atoms with E-state index in [0.717, 1.165) is 154 Å². The maximum absolute atomic E-state index is 14.5. The van der Waals surface area contributed by atoms with Crippen molar-refractivity contribution in [2.75, 3.05) is 48.9 Å². The zero-order valence-corrected chi connectivity index (χ0v) is 57.7. The number of hydrogen-bond donors (Lipinski definition) is 4. The molecule has 5 amide bonds. The highest BCUT2D eigenvalue weighted by molar-refractivity contribution is 7.80. The van der Waals surface area contributed by atoms with Gasteiger partial charge in [0, 0.05) is 75.8 Å². The smallest absolute Gasteiger partial charge is 0.249 e. The Hall–Kier alpha value is -7.11. The molecule has 502 valence electrons. The lowest BCUT2D eigenvalue weighted by molar-refractivity contribution is -0.144. The minimum atomic E-state index is -0.811. The number of likely N-dealkylation sites (tertiary alicyclic amines) is 2. The van der Waals surface area contributed by atoms with Crippen LogP contribution >= 0.6 is 23.6 Å². The van der Waals surface area contributed by atoms with Gasteiger partial charge in [-0.05, 0) is 133 Å². The fourth-order valence-electron chi connectivity index (χ4n) is 14.2. The standard InChI is InChI=1S/C70H98N14O7S2/c1-10-56-67(88)80(8)58-40-72-69(77-63(58)84(56)53-20-17-18-21-53)75-55-32-29-49(37-59(55)90-9)65(92)74-50-33-35-81(36-34-50)66(87)48-27-30-52(31-28-48)83-41-51(78-79-83)19-15-13-11-12-14-16-22-60(85)76-62(70(5,6)7)68(89)82-42-54(91-44(2)3)38-57(82)64(86)71-39-46-23-25-47(26-24-46)61-45(4)73-43-93-61/h23-26,29,32,37,40-41,43-44,48,50,52-54,56-57,62H,10-22,27-28,30-31,33-36,38-39,42H2,1-9H3,(H,71,86)(H,74,92)(H,76,85)(H,72,75,77)/t48?,52?,54-,56-,57+,62-/m1/s1. The SMILES string of the molecule is CC[C@@H]1C(=O)N(C)c2cnc(Nc3ccc(C(=S)NC4CCN(C(=O)C5CCC(n6cc(CCCCCCCCC(=O)N[C@H](C(=O)N7C[C@H](OC(C)C)C[C@H]7C(=O)NCc7ccc(-c8scnc8C)cc7)C(C)(C)C)nn6)CC5)CC4)cc3OC)nc2N1C1CCCC1. The van der Waals surface area contributed by atoms with Crippen LogP contribution in [0.5, 0.6) is 5.75 Å². The van der Waals surface area contributed by atoms with Crippen molar-refractivity contribution in [3.05, 3.63) is 82.9 Å². The minimum absolute atomic E-state index is 0.0130. The molecule has 0 bridgehead atoms. The molecule has 4 fully saturated rings. The van der Waals surface area contributed by atoms with Crippen molar-refractivity contribution in [3.63, 3.8) is 0 Å². The number of thiazole rings is 1. The molecule has 5 aromatic rings. The third-order valence-electron chi connectivity index (χ3n) is 19.5. The van der Waals surface area contributed by atoms with E-state index in [-0.39, 0.29) is 78.4 Å². The van der Waals surface area contributed by atoms with E-state index in [1.807, 2.05) is 99.1 Å². The van der Waals surface area contributed by atoms with Crippen LogP contribution < -0.4 is 35.8 Å². The van der Waals surface area contributed by atoms with E-state index in [9.17, 15) is 24.0 Å². The largest absolute Gasteiger partial charge is 0.495 e. The van der Waals surface area contributed by atoms with Gasteiger partial charge in [-0.15, -0.1) is 16.4 Å². The van der Waals surface area contributed by atoms with Gasteiger partial charge in [-0.2, -0.15) is 4.98 Å². The first kappa shape index (κ1) is 68.7. The average Bonchev–Trinajstić information content (AvgIpc) is 1.44. The molecule has 93 heavy (non-hydrogen) atoms. The summed E-state index contributed by atoms with van der Waals surface area (Å²) in [7, 11) is 3.44. The van der Waals surface area contributed by atoms with E-state index in [4.69, 9.17) is 26.7 Å². The number of ether oxygens (including phenoxy) is 2. The van der Waals surface area contributed by atoms with Crippen molar-refractivity contribution < 1.29 is 33.4 Å². The Morgan fingerprint density at radius 2 is 1.60 bits per heavy atom. The summed E-state index contributed by atoms with van der Waals surface area (Å²) < 4.78 is 14.0. The van der Waals surface area contributed by atoms with Crippen LogP contribution in [-0.2, 0) is 41.7 Å². The van der Waals surface area contributed by atoms with E-state index in [2.05, 4.69) is 59.6 Å². The van der Waals surface area contributed by atoms with Crippen molar-refractivity contribution >= 4 is 81.2 Å². The lowest BCUT2D eigenvalue weighted by Crippen LogP contribution is -2.57. The van der Waals surface area contributed by atoms with Crippen LogP contribution in [0.25, 0.3) is 10.4 Å². The number of nitrogens with zero attached hydrogens (tertiary/aromatic N) is 10. The van der Waals surface area contributed by atoms with Crippen molar-refractivity contribution in [1.82, 2.24) is 55.7 Å². The third-order valence-corrected chi connectivity index (χ3v) is 20.8. The molecule has 4 atom stereocenters. The summed E-state index contributed by atoms with van der Waals surface area (Å²) in [6.07, 6.45) is 20.9. The quantitative estimate of drug-likeness (QED) is 0.0298. The van der Waals surface area contributed by atoms with E-state index in [0.29, 0.717) is 61.3 Å². The molecule has 5 aliphatic rings. The summed E-state index contributed by atoms with van der Waals surface area (Å²) >= 11 is 7.54. The second-order valence-corrected chi connectivity index (χ2v) is 28.9. The number of nitrogens with one attached hydrogen (secondary N) is 4. The molecule has 3 aromatic heterocycles. The average molecular weight is 1310 g/mol. The van der Waals surface area contributed by atoms with Gasteiger partial charge in [-0.1, -0.05) is 108 Å². The first-order chi connectivity index (χ1) is 44.8. The van der Waals surface area contributed by atoms with Gasteiger partial charge in [-0.25, -0.2) is 14.6 Å². The summed E-state index contributed by atoms with van der Waals surface area (Å²) in [6.45, 7) is 15.8. The molecule has 6 heterocycles. The van der Waals surface area contributed by atoms with Gasteiger partial charge in [0.1, 0.15) is 34.6 Å². The zero-order valence-electron chi connectivity index (χ0n) is 56.1. The molecule has 23 heteroatoms. The molecule has 2 aliphatic carbocycles. The number of amides is 5. The van der Waals surface area contributed by atoms with Gasteiger partial charge in [0.2, 0.25) is 35.5 Å². The van der Waals surface area contributed by atoms with Gasteiger partial charge < -0.3 is 50.3 Å². The molecular weight excluding hydrogens is 1210 g/mol. The van der Waals surface area contributed by atoms with Crippen LogP contribution in [-0.4, -0.2) is 150 Å². The monoisotopic (exact) mass is 1310 g/mol. The number of thiocarbonyl (C=S) groups is 1. The van der Waals surface area contributed by atoms with Crippen LogP contribution in [0, 0.1) is 18.3 Å². The van der Waals surface area contributed by atoms with Gasteiger partial charge in [0.25, 0.3) is 0 Å². The van der Waals surface area contributed by atoms with E-state index in [1.54, 1.807) is 41.5 Å². The van der Waals surface area contributed by atoms with Crippen LogP contribution in [0.4, 0.5) is 23.1 Å². The predicted molar refractivity (Wildman–Crippen MR) is 368 cm³/mol. The molecule has 2 saturated carbocycles. The van der Waals surface area contributed by atoms with Crippen LogP contribution in [0.1, 0.15) is 192 Å². The number of benzene rings is 2. The van der Waals surface area contributed by atoms with Gasteiger partial charge in [-0.3, -0.25) is 24.0 Å². The number of unbranched alkanes of at least 4 members (excludes halogenated alkanes) is 5. The Labute approximate surface area is 558 Å². The van der Waals surface area contributed by atoms with E-state index >= 15 is 0 Å². The van der Waals surface area contributed by atoms with Gasteiger partial charge >= 0.3 is 0 Å². The number of carbonyl (C=O) groups excluding carboxylic acids is 5. The van der Waals surface area contributed by atoms with Crippen molar-refractivity contribution in [2.45, 2.75) is 232 Å². The Kier molecular flexibility index (Phi) is 23.2. The third kappa shape index (κ3) is 17.1. The molecule has 10 rings (SSSR count). The van der Waals surface area contributed by atoms with Crippen LogP contribution in [0.15, 0.2) is 60.4 Å². The maximum Gasteiger partial charge on any atom is 0.249 e. The summed E-state index contributed by atoms with van der Waals surface area (Å²) in [5.41, 5.74) is 7.52. The number of anilines is 4. The Morgan fingerprint density at radius 1 is 0.882 bits per heavy atom. The summed E-state index contributed by atoms with van der Waals surface area (Å²) in [5, 5.41) is 22.2. The van der Waals surface area contributed by atoms with E-state index in [1.165, 1.54) is 0 Å². The second kappa shape index (κ2) is 31.4. The summed E-state index contributed by atoms with van der Waals surface area (Å²) in [5.74, 6) is 1.50. The number of fused-ring (bicyclic) bond motifs is 1. The van der Waals surface area contributed by atoms with Crippen LogP contribution in [0.2, 0.25) is 0 Å². The minimum Gasteiger partial charge on any atom is -0.495 e. The molecule has 0 radical (unpaired) electrons. The number of aryl methyl sites for hydroxylation is 2. The highest BCUT2D eigenvalue weighted by atomic mass is 32.1.